The predicted molar refractivity (Wildman–Crippen MR) is 133 cm³/mol. The lowest BCUT2D eigenvalue weighted by molar-refractivity contribution is -0.199. The third-order valence-corrected chi connectivity index (χ3v) is 8.50. The molecular formula is C26H30ClN5O4. The summed E-state index contributed by atoms with van der Waals surface area (Å²) < 4.78 is 20.2. The van der Waals surface area contributed by atoms with Crippen molar-refractivity contribution < 1.29 is 19.3 Å². The number of halogens is 1. The standard InChI is InChI=1S/C26H30ClN5O4/c1-25(2)35-19-17(13-33)34-23(20(19)36-25)32-14-28-18-21(29-24(27)30-22(18)32)31-9-7-26(8-10-31)11-15-5-3-4-6-16(15)12-26/h3-6,14,17,19-20,23,33H,7-13H2,1-2H3/t17-,19?,20?,23-/m1/s1. The summed E-state index contributed by atoms with van der Waals surface area (Å²) in [5.74, 6) is -0.00547. The summed E-state index contributed by atoms with van der Waals surface area (Å²) >= 11 is 6.45. The lowest BCUT2D eigenvalue weighted by Gasteiger charge is -2.40. The van der Waals surface area contributed by atoms with Crippen LogP contribution in [0.3, 0.4) is 0 Å². The van der Waals surface area contributed by atoms with Gasteiger partial charge in [-0.2, -0.15) is 9.97 Å². The number of piperidine rings is 1. The molecule has 0 amide bonds. The lowest BCUT2D eigenvalue weighted by atomic mass is 9.76. The molecule has 1 aliphatic carbocycles. The van der Waals surface area contributed by atoms with E-state index in [1.807, 2.05) is 18.4 Å². The highest BCUT2D eigenvalue weighted by Crippen LogP contribution is 2.46. The highest BCUT2D eigenvalue weighted by molar-refractivity contribution is 6.28. The number of anilines is 1. The number of aliphatic hydroxyl groups excluding tert-OH is 1. The third kappa shape index (κ3) is 3.55. The first kappa shape index (κ1) is 22.9. The van der Waals surface area contributed by atoms with Crippen molar-refractivity contribution in [3.63, 3.8) is 0 Å². The van der Waals surface area contributed by atoms with E-state index in [1.54, 1.807) is 6.33 Å². The maximum atomic E-state index is 9.88. The van der Waals surface area contributed by atoms with Crippen LogP contribution in [0.15, 0.2) is 30.6 Å². The smallest absolute Gasteiger partial charge is 0.226 e. The van der Waals surface area contributed by atoms with Crippen LogP contribution in [-0.2, 0) is 27.1 Å². The number of benzene rings is 1. The minimum absolute atomic E-state index is 0.163. The Balaban J connectivity index is 1.17. The minimum Gasteiger partial charge on any atom is -0.394 e. The molecule has 5 heterocycles. The van der Waals surface area contributed by atoms with Gasteiger partial charge in [0.25, 0.3) is 0 Å². The Hall–Kier alpha value is -2.30. The normalized spacial score (nSPS) is 30.3. The molecule has 2 unspecified atom stereocenters. The number of aromatic nitrogens is 4. The van der Waals surface area contributed by atoms with Crippen molar-refractivity contribution in [1.82, 2.24) is 19.5 Å². The van der Waals surface area contributed by atoms with Crippen LogP contribution in [-0.4, -0.2) is 68.4 Å². The van der Waals surface area contributed by atoms with Crippen LogP contribution in [0.25, 0.3) is 11.2 Å². The number of aliphatic hydroxyl groups is 1. The monoisotopic (exact) mass is 511 g/mol. The van der Waals surface area contributed by atoms with Gasteiger partial charge in [0.2, 0.25) is 5.28 Å². The molecule has 36 heavy (non-hydrogen) atoms. The average Bonchev–Trinajstić information content (AvgIpc) is 3.58. The van der Waals surface area contributed by atoms with E-state index >= 15 is 0 Å². The topological polar surface area (TPSA) is 94.8 Å². The first-order valence-corrected chi connectivity index (χ1v) is 13.1. The number of hydrogen-bond donors (Lipinski definition) is 1. The molecular weight excluding hydrogens is 482 g/mol. The van der Waals surface area contributed by atoms with Crippen LogP contribution >= 0.6 is 11.6 Å². The summed E-state index contributed by atoms with van der Waals surface area (Å²) in [5, 5.41) is 10.0. The zero-order valence-electron chi connectivity index (χ0n) is 20.4. The maximum absolute atomic E-state index is 9.88. The van der Waals surface area contributed by atoms with E-state index in [9.17, 15) is 5.11 Å². The van der Waals surface area contributed by atoms with Crippen molar-refractivity contribution in [3.05, 3.63) is 47.0 Å². The Morgan fingerprint density at radius 2 is 1.75 bits per heavy atom. The molecule has 3 fully saturated rings. The number of ether oxygens (including phenoxy) is 3. The summed E-state index contributed by atoms with van der Waals surface area (Å²) in [7, 11) is 0. The SMILES string of the molecule is CC1(C)OC2C(O1)[C@@H](CO)O[C@H]2n1cnc2c(N3CCC4(CC3)Cc3ccccc3C4)nc(Cl)nc21. The molecule has 10 heteroatoms. The summed E-state index contributed by atoms with van der Waals surface area (Å²) in [6.45, 7) is 5.36. The van der Waals surface area contributed by atoms with Crippen LogP contribution in [0, 0.1) is 5.41 Å². The van der Waals surface area contributed by atoms with Gasteiger partial charge in [-0.1, -0.05) is 24.3 Å². The zero-order valence-corrected chi connectivity index (χ0v) is 21.2. The molecule has 3 aromatic rings. The fourth-order valence-electron chi connectivity index (χ4n) is 6.63. The Bertz CT molecular complexity index is 1290. The van der Waals surface area contributed by atoms with Gasteiger partial charge in [0.1, 0.15) is 18.3 Å². The van der Waals surface area contributed by atoms with E-state index < -0.39 is 24.2 Å². The molecule has 1 spiro atoms. The van der Waals surface area contributed by atoms with Crippen molar-refractivity contribution in [2.75, 3.05) is 24.6 Å². The minimum atomic E-state index is -0.761. The Labute approximate surface area is 214 Å². The van der Waals surface area contributed by atoms with E-state index in [0.29, 0.717) is 16.6 Å². The fourth-order valence-corrected chi connectivity index (χ4v) is 6.79. The van der Waals surface area contributed by atoms with Crippen LogP contribution in [0.2, 0.25) is 5.28 Å². The maximum Gasteiger partial charge on any atom is 0.226 e. The van der Waals surface area contributed by atoms with Gasteiger partial charge >= 0.3 is 0 Å². The van der Waals surface area contributed by atoms with Crippen molar-refractivity contribution in [2.45, 2.75) is 69.9 Å². The second kappa shape index (κ2) is 8.10. The molecule has 7 rings (SSSR count). The summed E-state index contributed by atoms with van der Waals surface area (Å²) in [5.41, 5.74) is 4.60. The summed E-state index contributed by atoms with van der Waals surface area (Å²) in [4.78, 5) is 16.1. The lowest BCUT2D eigenvalue weighted by Crippen LogP contribution is -2.41. The molecule has 0 saturated carbocycles. The van der Waals surface area contributed by atoms with Crippen molar-refractivity contribution in [2.24, 2.45) is 5.41 Å². The molecule has 3 aliphatic heterocycles. The van der Waals surface area contributed by atoms with E-state index in [2.05, 4.69) is 39.1 Å². The van der Waals surface area contributed by atoms with E-state index in [0.717, 1.165) is 44.6 Å². The molecule has 2 aromatic heterocycles. The Morgan fingerprint density at radius 1 is 1.06 bits per heavy atom. The number of imidazole rings is 1. The van der Waals surface area contributed by atoms with Crippen molar-refractivity contribution in [1.29, 1.82) is 0 Å². The molecule has 9 nitrogen and oxygen atoms in total. The number of fused-ring (bicyclic) bond motifs is 3. The largest absolute Gasteiger partial charge is 0.394 e. The highest BCUT2D eigenvalue weighted by Gasteiger charge is 2.56. The molecule has 190 valence electrons. The van der Waals surface area contributed by atoms with Crippen LogP contribution in [0.1, 0.15) is 44.0 Å². The molecule has 0 bridgehead atoms. The van der Waals surface area contributed by atoms with E-state index in [1.165, 1.54) is 11.1 Å². The van der Waals surface area contributed by atoms with Crippen LogP contribution in [0.5, 0.6) is 0 Å². The molecule has 4 aliphatic rings. The highest BCUT2D eigenvalue weighted by atomic mass is 35.5. The second-order valence-corrected chi connectivity index (χ2v) is 11.4. The van der Waals surface area contributed by atoms with Gasteiger partial charge in [0.05, 0.1) is 12.9 Å². The van der Waals surface area contributed by atoms with Gasteiger partial charge in [-0.25, -0.2) is 4.98 Å². The zero-order chi connectivity index (χ0) is 24.7. The first-order chi connectivity index (χ1) is 17.3. The van der Waals surface area contributed by atoms with Crippen molar-refractivity contribution in [3.8, 4) is 0 Å². The van der Waals surface area contributed by atoms with Crippen LogP contribution < -0.4 is 4.90 Å². The number of hydrogen-bond acceptors (Lipinski definition) is 8. The third-order valence-electron chi connectivity index (χ3n) is 8.33. The van der Waals surface area contributed by atoms with Gasteiger partial charge in [0, 0.05) is 13.1 Å². The Morgan fingerprint density at radius 3 is 2.44 bits per heavy atom. The van der Waals surface area contributed by atoms with E-state index in [-0.39, 0.29) is 18.0 Å². The summed E-state index contributed by atoms with van der Waals surface area (Å²) in [6.07, 6.45) is 4.38. The van der Waals surface area contributed by atoms with Crippen molar-refractivity contribution >= 4 is 28.6 Å². The molecule has 0 radical (unpaired) electrons. The molecule has 4 atom stereocenters. The molecule has 1 N–H and O–H groups in total. The van der Waals surface area contributed by atoms with Gasteiger partial charge in [-0.15, -0.1) is 0 Å². The number of nitrogens with zero attached hydrogens (tertiary/aromatic N) is 5. The Kier molecular flexibility index (Phi) is 5.14. The summed E-state index contributed by atoms with van der Waals surface area (Å²) in [6, 6.07) is 8.83. The van der Waals surface area contributed by atoms with Gasteiger partial charge in [-0.3, -0.25) is 4.57 Å². The first-order valence-electron chi connectivity index (χ1n) is 12.7. The quantitative estimate of drug-likeness (QED) is 0.535. The molecule has 1 aromatic carbocycles. The fraction of sp³-hybridized carbons (Fsp3) is 0.577. The van der Waals surface area contributed by atoms with Crippen LogP contribution in [0.4, 0.5) is 5.82 Å². The molecule has 3 saturated heterocycles. The van der Waals surface area contributed by atoms with E-state index in [4.69, 9.17) is 30.8 Å². The predicted octanol–water partition coefficient (Wildman–Crippen LogP) is 3.27. The number of rotatable bonds is 3. The second-order valence-electron chi connectivity index (χ2n) is 11.1. The van der Waals surface area contributed by atoms with Gasteiger partial charge in [-0.05, 0) is 67.7 Å². The van der Waals surface area contributed by atoms with Gasteiger partial charge < -0.3 is 24.2 Å². The average molecular weight is 512 g/mol. The van der Waals surface area contributed by atoms with Gasteiger partial charge in [0.15, 0.2) is 29.0 Å².